The molecule has 0 aliphatic heterocycles. The van der Waals surface area contributed by atoms with Gasteiger partial charge >= 0.3 is 0 Å². The van der Waals surface area contributed by atoms with Crippen molar-refractivity contribution in [3.63, 3.8) is 0 Å². The van der Waals surface area contributed by atoms with Gasteiger partial charge in [0.15, 0.2) is 5.96 Å². The van der Waals surface area contributed by atoms with Crippen LogP contribution < -0.4 is 10.6 Å². The maximum absolute atomic E-state index is 10.4. The quantitative estimate of drug-likeness (QED) is 0.361. The van der Waals surface area contributed by atoms with Gasteiger partial charge in [-0.3, -0.25) is 4.99 Å². The average molecular weight is 366 g/mol. The van der Waals surface area contributed by atoms with Gasteiger partial charge in [0.2, 0.25) is 0 Å². The van der Waals surface area contributed by atoms with Gasteiger partial charge in [-0.15, -0.1) is 11.3 Å². The second-order valence-electron chi connectivity index (χ2n) is 5.55. The largest absolute Gasteiger partial charge is 0.386 e. The number of aliphatic hydroxyl groups is 1. The van der Waals surface area contributed by atoms with Crippen LogP contribution in [-0.4, -0.2) is 42.7 Å². The molecule has 6 heteroatoms. The first-order chi connectivity index (χ1) is 11.7. The van der Waals surface area contributed by atoms with E-state index in [1.165, 1.54) is 22.3 Å². The van der Waals surface area contributed by atoms with Crippen molar-refractivity contribution in [2.45, 2.75) is 25.9 Å². The minimum atomic E-state index is -0.561. The summed E-state index contributed by atoms with van der Waals surface area (Å²) in [6, 6.07) is 10.3. The Morgan fingerprint density at radius 3 is 2.88 bits per heavy atom. The van der Waals surface area contributed by atoms with Gasteiger partial charge in [-0.05, 0) is 49.3 Å². The summed E-state index contributed by atoms with van der Waals surface area (Å²) < 4.78 is 1.20. The fourth-order valence-corrected chi connectivity index (χ4v) is 3.89. The van der Waals surface area contributed by atoms with Gasteiger partial charge in [-0.1, -0.05) is 18.2 Å². The number of nitrogens with one attached hydrogen (secondary N) is 2. The van der Waals surface area contributed by atoms with Crippen LogP contribution in [0.4, 0.5) is 0 Å². The molecular weight excluding hydrogens is 338 g/mol. The summed E-state index contributed by atoms with van der Waals surface area (Å²) in [6.07, 6.45) is 3.91. The molecule has 4 nitrogen and oxygen atoms in total. The first-order valence-corrected chi connectivity index (χ1v) is 10.6. The van der Waals surface area contributed by atoms with Crippen LogP contribution in [-0.2, 0) is 0 Å². The second-order valence-corrected chi connectivity index (χ2v) is 7.65. The topological polar surface area (TPSA) is 56.7 Å². The molecule has 0 radical (unpaired) electrons. The second kappa shape index (κ2) is 10.6. The van der Waals surface area contributed by atoms with E-state index in [0.717, 1.165) is 30.3 Å². The Bertz CT molecular complexity index is 609. The summed E-state index contributed by atoms with van der Waals surface area (Å²) >= 11 is 3.51. The average Bonchev–Trinajstić information content (AvgIpc) is 3.03. The number of aliphatic imine (C=N–C) groups is 1. The summed E-state index contributed by atoms with van der Waals surface area (Å²) in [5.74, 6) is 1.97. The lowest BCUT2D eigenvalue weighted by molar-refractivity contribution is 0.191. The van der Waals surface area contributed by atoms with Gasteiger partial charge in [0, 0.05) is 22.7 Å². The molecule has 1 aromatic carbocycles. The predicted molar refractivity (Wildman–Crippen MR) is 108 cm³/mol. The number of thiophene rings is 1. The molecule has 0 aliphatic rings. The van der Waals surface area contributed by atoms with Crippen LogP contribution in [0, 0.1) is 0 Å². The molecule has 2 aromatic rings. The van der Waals surface area contributed by atoms with Crippen molar-refractivity contribution in [1.29, 1.82) is 0 Å². The van der Waals surface area contributed by atoms with Crippen molar-refractivity contribution in [2.24, 2.45) is 4.99 Å². The van der Waals surface area contributed by atoms with Crippen LogP contribution in [0.2, 0.25) is 0 Å². The SMILES string of the molecule is CCNC(=NCC(O)c1cc2ccccc2s1)NCCCCSC. The lowest BCUT2D eigenvalue weighted by atomic mass is 10.2. The normalized spacial score (nSPS) is 13.2. The van der Waals surface area contributed by atoms with Crippen molar-refractivity contribution in [2.75, 3.05) is 31.6 Å². The number of hydrogen-bond donors (Lipinski definition) is 3. The first-order valence-electron chi connectivity index (χ1n) is 8.42. The van der Waals surface area contributed by atoms with E-state index in [0.29, 0.717) is 6.54 Å². The number of nitrogens with zero attached hydrogens (tertiary/aromatic N) is 1. The number of unbranched alkanes of at least 4 members (excludes halogenated alkanes) is 1. The van der Waals surface area contributed by atoms with Crippen LogP contribution in [0.1, 0.15) is 30.7 Å². The monoisotopic (exact) mass is 365 g/mol. The van der Waals surface area contributed by atoms with E-state index in [1.807, 2.05) is 30.8 Å². The third kappa shape index (κ3) is 6.00. The molecule has 3 N–H and O–H groups in total. The van der Waals surface area contributed by atoms with Gasteiger partial charge in [0.1, 0.15) is 6.10 Å². The smallest absolute Gasteiger partial charge is 0.191 e. The van der Waals surface area contributed by atoms with Crippen molar-refractivity contribution in [3.8, 4) is 0 Å². The van der Waals surface area contributed by atoms with E-state index >= 15 is 0 Å². The van der Waals surface area contributed by atoms with Crippen LogP contribution >= 0.6 is 23.1 Å². The number of hydrogen-bond acceptors (Lipinski definition) is 4. The van der Waals surface area contributed by atoms with Gasteiger partial charge in [-0.25, -0.2) is 0 Å². The van der Waals surface area contributed by atoms with E-state index in [1.54, 1.807) is 11.3 Å². The Hall–Kier alpha value is -1.24. The molecule has 24 heavy (non-hydrogen) atoms. The molecule has 1 heterocycles. The summed E-state index contributed by atoms with van der Waals surface area (Å²) in [5.41, 5.74) is 0. The summed E-state index contributed by atoms with van der Waals surface area (Å²) in [7, 11) is 0. The van der Waals surface area contributed by atoms with Crippen LogP contribution in [0.15, 0.2) is 35.3 Å². The molecule has 0 saturated carbocycles. The number of guanidine groups is 1. The minimum absolute atomic E-state index is 0.368. The molecule has 0 saturated heterocycles. The Morgan fingerprint density at radius 2 is 2.12 bits per heavy atom. The third-order valence-electron chi connectivity index (χ3n) is 3.61. The van der Waals surface area contributed by atoms with Gasteiger partial charge in [0.05, 0.1) is 6.54 Å². The van der Waals surface area contributed by atoms with E-state index in [4.69, 9.17) is 0 Å². The fourth-order valence-electron chi connectivity index (χ4n) is 2.35. The zero-order chi connectivity index (χ0) is 17.2. The molecule has 1 aromatic heterocycles. The molecule has 2 rings (SSSR count). The molecular formula is C18H27N3OS2. The lowest BCUT2D eigenvalue weighted by Crippen LogP contribution is -2.38. The maximum atomic E-state index is 10.4. The molecule has 132 valence electrons. The van der Waals surface area contributed by atoms with Gasteiger partial charge in [-0.2, -0.15) is 11.8 Å². The zero-order valence-electron chi connectivity index (χ0n) is 14.4. The van der Waals surface area contributed by atoms with E-state index in [2.05, 4.69) is 40.1 Å². The highest BCUT2D eigenvalue weighted by atomic mass is 32.2. The molecule has 0 fully saturated rings. The summed E-state index contributed by atoms with van der Waals surface area (Å²) in [6.45, 7) is 4.14. The number of benzene rings is 1. The molecule has 1 unspecified atom stereocenters. The Labute approximate surface area is 152 Å². The lowest BCUT2D eigenvalue weighted by Gasteiger charge is -2.12. The van der Waals surface area contributed by atoms with Gasteiger partial charge < -0.3 is 15.7 Å². The van der Waals surface area contributed by atoms with Crippen LogP contribution in [0.3, 0.4) is 0 Å². The highest BCUT2D eigenvalue weighted by Gasteiger charge is 2.11. The summed E-state index contributed by atoms with van der Waals surface area (Å²) in [5, 5.41) is 18.2. The maximum Gasteiger partial charge on any atom is 0.191 e. The number of fused-ring (bicyclic) bond motifs is 1. The van der Waals surface area contributed by atoms with E-state index in [-0.39, 0.29) is 0 Å². The van der Waals surface area contributed by atoms with Crippen molar-refractivity contribution in [3.05, 3.63) is 35.2 Å². The highest BCUT2D eigenvalue weighted by molar-refractivity contribution is 7.98. The number of thioether (sulfide) groups is 1. The molecule has 0 spiro atoms. The van der Waals surface area contributed by atoms with Crippen molar-refractivity contribution >= 4 is 39.1 Å². The molecule has 0 amide bonds. The zero-order valence-corrected chi connectivity index (χ0v) is 16.1. The number of aliphatic hydroxyl groups excluding tert-OH is 1. The van der Waals surface area contributed by atoms with Gasteiger partial charge in [0.25, 0.3) is 0 Å². The van der Waals surface area contributed by atoms with Crippen LogP contribution in [0.5, 0.6) is 0 Å². The molecule has 1 atom stereocenters. The van der Waals surface area contributed by atoms with Crippen molar-refractivity contribution in [1.82, 2.24) is 10.6 Å². The van der Waals surface area contributed by atoms with E-state index < -0.39 is 6.10 Å². The highest BCUT2D eigenvalue weighted by Crippen LogP contribution is 2.29. The third-order valence-corrected chi connectivity index (χ3v) is 5.52. The van der Waals surface area contributed by atoms with E-state index in [9.17, 15) is 5.11 Å². The number of rotatable bonds is 9. The van der Waals surface area contributed by atoms with Crippen LogP contribution in [0.25, 0.3) is 10.1 Å². The fraction of sp³-hybridized carbons (Fsp3) is 0.500. The standard InChI is InChI=1S/C18H27N3OS2/c1-3-19-18(20-10-6-7-11-23-2)21-13-15(22)17-12-14-8-4-5-9-16(14)24-17/h4-5,8-9,12,15,22H,3,6-7,10-11,13H2,1-2H3,(H2,19,20,21). The minimum Gasteiger partial charge on any atom is -0.386 e. The Kier molecular flexibility index (Phi) is 8.42. The summed E-state index contributed by atoms with van der Waals surface area (Å²) in [4.78, 5) is 5.49. The first kappa shape index (κ1) is 19.1. The predicted octanol–water partition coefficient (Wildman–Crippen LogP) is 3.63. The Morgan fingerprint density at radius 1 is 1.29 bits per heavy atom. The van der Waals surface area contributed by atoms with Crippen molar-refractivity contribution < 1.29 is 5.11 Å². The molecule has 0 bridgehead atoms. The Balaban J connectivity index is 1.89. The molecule has 0 aliphatic carbocycles.